The highest BCUT2D eigenvalue weighted by molar-refractivity contribution is 4.68. The van der Waals surface area contributed by atoms with Crippen molar-refractivity contribution in [3.63, 3.8) is 0 Å². The maximum Gasteiger partial charge on any atom is 0.0454 e. The molecule has 11 heavy (non-hydrogen) atoms. The Kier molecular flexibility index (Phi) is 2.43. The third-order valence-corrected chi connectivity index (χ3v) is 1.31. The lowest BCUT2D eigenvalue weighted by molar-refractivity contribution is -0.160. The third-order valence-electron chi connectivity index (χ3n) is 1.31. The largest absolute Gasteiger partial charge is 0.164 e. The predicted octanol–water partition coefficient (Wildman–Crippen LogP) is -1.12. The normalized spacial score (nSPS) is 24.0. The van der Waals surface area contributed by atoms with Crippen LogP contribution in [0, 0.1) is 0 Å². The monoisotopic (exact) mass is 160 g/mol. The fourth-order valence-electron chi connectivity index (χ4n) is 0.682. The van der Waals surface area contributed by atoms with Crippen molar-refractivity contribution in [2.75, 3.05) is 7.05 Å². The number of hydrogen-bond acceptors (Lipinski definition) is 6. The van der Waals surface area contributed by atoms with Gasteiger partial charge in [0, 0.05) is 12.6 Å². The minimum Gasteiger partial charge on any atom is -0.164 e. The Labute approximate surface area is 66.7 Å². The van der Waals surface area contributed by atoms with Crippen molar-refractivity contribution in [2.45, 2.75) is 26.3 Å². The summed E-state index contributed by atoms with van der Waals surface area (Å²) in [4.78, 5) is 0. The summed E-state index contributed by atoms with van der Waals surface area (Å²) in [5.41, 5.74) is 11.5. The van der Waals surface area contributed by atoms with Gasteiger partial charge in [-0.25, -0.2) is 0 Å². The number of nitrogens with one attached hydrogen (secondary N) is 4. The van der Waals surface area contributed by atoms with E-state index in [0.717, 1.165) is 0 Å². The summed E-state index contributed by atoms with van der Waals surface area (Å²) in [6.07, 6.45) is 0. The maximum absolute atomic E-state index is 3.04. The van der Waals surface area contributed by atoms with Crippen LogP contribution >= 0.6 is 0 Å². The molecule has 0 aliphatic carbocycles. The first kappa shape index (κ1) is 8.85. The third kappa shape index (κ3) is 2.37. The first-order valence-corrected chi connectivity index (χ1v) is 3.57. The van der Waals surface area contributed by atoms with E-state index in [2.05, 4.69) is 42.9 Å². The Bertz CT molecular complexity index is 129. The van der Waals surface area contributed by atoms with Crippen LogP contribution in [0.1, 0.15) is 20.8 Å². The van der Waals surface area contributed by atoms with Crippen molar-refractivity contribution < 1.29 is 0 Å². The quantitative estimate of drug-likeness (QED) is 0.360. The maximum atomic E-state index is 3.04. The summed E-state index contributed by atoms with van der Waals surface area (Å²) in [5.74, 6) is 0. The van der Waals surface area contributed by atoms with E-state index in [4.69, 9.17) is 0 Å². The summed E-state index contributed by atoms with van der Waals surface area (Å²) in [6, 6.07) is 0. The molecule has 0 aromatic rings. The smallest absolute Gasteiger partial charge is 0.0454 e. The van der Waals surface area contributed by atoms with E-state index in [0.29, 0.717) is 0 Å². The Morgan fingerprint density at radius 2 is 1.73 bits per heavy atom. The molecule has 1 aliphatic heterocycles. The molecule has 0 radical (unpaired) electrons. The molecule has 6 heteroatoms. The van der Waals surface area contributed by atoms with Crippen molar-refractivity contribution in [1.29, 1.82) is 0 Å². The zero-order chi connectivity index (χ0) is 8.48. The van der Waals surface area contributed by atoms with Gasteiger partial charge in [-0.3, -0.25) is 0 Å². The number of hydrazine groups is 6. The van der Waals surface area contributed by atoms with Crippen molar-refractivity contribution in [1.82, 2.24) is 32.4 Å². The first-order valence-electron chi connectivity index (χ1n) is 3.57. The molecule has 0 aromatic carbocycles. The molecule has 0 saturated carbocycles. The van der Waals surface area contributed by atoms with E-state index < -0.39 is 0 Å². The van der Waals surface area contributed by atoms with Crippen LogP contribution in [0.15, 0.2) is 0 Å². The van der Waals surface area contributed by atoms with Gasteiger partial charge >= 0.3 is 0 Å². The van der Waals surface area contributed by atoms with Crippen LogP contribution in [0.5, 0.6) is 0 Å². The summed E-state index contributed by atoms with van der Waals surface area (Å²) < 4.78 is 0. The zero-order valence-electron chi connectivity index (χ0n) is 7.39. The average molecular weight is 160 g/mol. The fraction of sp³-hybridized carbons (Fsp3) is 1.00. The Balaban J connectivity index is 2.46. The van der Waals surface area contributed by atoms with Gasteiger partial charge in [0.25, 0.3) is 0 Å². The standard InChI is InChI=1S/C5H16N6/c1-5(2,3)11-8-6-7-10(4)9-11/h6-9H,1-4H3. The minimum atomic E-state index is 0.0172. The van der Waals surface area contributed by atoms with Gasteiger partial charge in [0.15, 0.2) is 0 Å². The van der Waals surface area contributed by atoms with Crippen LogP contribution in [-0.2, 0) is 0 Å². The Hall–Kier alpha value is -0.240. The highest BCUT2D eigenvalue weighted by Gasteiger charge is 2.24. The van der Waals surface area contributed by atoms with E-state index in [1.54, 1.807) is 5.12 Å². The Morgan fingerprint density at radius 1 is 1.09 bits per heavy atom. The summed E-state index contributed by atoms with van der Waals surface area (Å²) in [5, 5.41) is 3.56. The molecule has 0 aromatic heterocycles. The van der Waals surface area contributed by atoms with E-state index >= 15 is 0 Å². The molecular formula is C5H16N6. The van der Waals surface area contributed by atoms with Crippen molar-refractivity contribution >= 4 is 0 Å². The van der Waals surface area contributed by atoms with Crippen LogP contribution in [0.2, 0.25) is 0 Å². The first-order chi connectivity index (χ1) is 5.00. The average Bonchev–Trinajstić information content (AvgIpc) is 1.86. The molecule has 1 saturated heterocycles. The molecule has 0 spiro atoms. The minimum absolute atomic E-state index is 0.0172. The lowest BCUT2D eigenvalue weighted by Gasteiger charge is -2.42. The van der Waals surface area contributed by atoms with E-state index in [9.17, 15) is 0 Å². The molecule has 6 nitrogen and oxygen atoms in total. The fourth-order valence-corrected chi connectivity index (χ4v) is 0.682. The molecule has 1 fully saturated rings. The van der Waals surface area contributed by atoms with Gasteiger partial charge < -0.3 is 0 Å². The van der Waals surface area contributed by atoms with Gasteiger partial charge in [0.1, 0.15) is 0 Å². The SMILES string of the molecule is CN1NNNN(C(C)(C)C)N1. The number of hydrogen-bond donors (Lipinski definition) is 4. The molecule has 1 heterocycles. The second-order valence-corrected chi connectivity index (χ2v) is 3.51. The van der Waals surface area contributed by atoms with Gasteiger partial charge in [-0.2, -0.15) is 27.3 Å². The van der Waals surface area contributed by atoms with E-state index in [-0.39, 0.29) is 5.54 Å². The predicted molar refractivity (Wildman–Crippen MR) is 41.9 cm³/mol. The summed E-state index contributed by atoms with van der Waals surface area (Å²) >= 11 is 0. The molecule has 4 N–H and O–H groups in total. The lowest BCUT2D eigenvalue weighted by Crippen LogP contribution is -2.76. The van der Waals surface area contributed by atoms with Crippen LogP contribution in [0.4, 0.5) is 0 Å². The van der Waals surface area contributed by atoms with Crippen LogP contribution in [-0.4, -0.2) is 22.8 Å². The van der Waals surface area contributed by atoms with E-state index in [1.165, 1.54) is 0 Å². The Morgan fingerprint density at radius 3 is 2.09 bits per heavy atom. The van der Waals surface area contributed by atoms with Gasteiger partial charge in [0.2, 0.25) is 0 Å². The van der Waals surface area contributed by atoms with Crippen LogP contribution in [0.3, 0.4) is 0 Å². The van der Waals surface area contributed by atoms with Gasteiger partial charge in [0.05, 0.1) is 0 Å². The lowest BCUT2D eigenvalue weighted by atomic mass is 10.1. The van der Waals surface area contributed by atoms with Crippen LogP contribution < -0.4 is 22.1 Å². The highest BCUT2D eigenvalue weighted by atomic mass is 16.1. The zero-order valence-corrected chi connectivity index (χ0v) is 7.39. The molecule has 0 bridgehead atoms. The summed E-state index contributed by atoms with van der Waals surface area (Å²) in [6.45, 7) is 6.27. The van der Waals surface area contributed by atoms with Crippen molar-refractivity contribution in [3.05, 3.63) is 0 Å². The molecular weight excluding hydrogens is 144 g/mol. The van der Waals surface area contributed by atoms with Crippen LogP contribution in [0.25, 0.3) is 0 Å². The molecule has 0 amide bonds. The molecule has 1 aliphatic rings. The summed E-state index contributed by atoms with van der Waals surface area (Å²) in [7, 11) is 1.87. The molecule has 0 atom stereocenters. The van der Waals surface area contributed by atoms with Gasteiger partial charge in [-0.05, 0) is 20.8 Å². The number of nitrogens with zero attached hydrogens (tertiary/aromatic N) is 2. The second kappa shape index (κ2) is 3.02. The molecule has 0 unspecified atom stereocenters. The van der Waals surface area contributed by atoms with E-state index in [1.807, 2.05) is 12.2 Å². The van der Waals surface area contributed by atoms with Gasteiger partial charge in [-0.15, -0.1) is 5.12 Å². The second-order valence-electron chi connectivity index (χ2n) is 3.51. The topological polar surface area (TPSA) is 54.6 Å². The highest BCUT2D eigenvalue weighted by Crippen LogP contribution is 2.06. The number of rotatable bonds is 0. The van der Waals surface area contributed by atoms with Gasteiger partial charge in [-0.1, -0.05) is 0 Å². The molecule has 66 valence electrons. The van der Waals surface area contributed by atoms with Crippen molar-refractivity contribution in [3.8, 4) is 0 Å². The van der Waals surface area contributed by atoms with Crippen molar-refractivity contribution in [2.24, 2.45) is 0 Å². The molecule has 1 rings (SSSR count).